The molecule has 1 N–H and O–H groups in total. The first-order chi connectivity index (χ1) is 9.43. The van der Waals surface area contributed by atoms with Crippen LogP contribution < -0.4 is 5.43 Å². The van der Waals surface area contributed by atoms with Crippen LogP contribution in [0.15, 0.2) is 72.0 Å². The third-order valence-electron chi connectivity index (χ3n) is 2.85. The van der Waals surface area contributed by atoms with Gasteiger partial charge in [0.15, 0.2) is 0 Å². The Morgan fingerprint density at radius 1 is 0.895 bits per heavy atom. The highest BCUT2D eigenvalue weighted by atomic mass is 15.3. The number of fused-ring (bicyclic) bond motifs is 1. The van der Waals surface area contributed by atoms with Crippen LogP contribution in [0.3, 0.4) is 0 Å². The first-order valence-corrected chi connectivity index (χ1v) is 6.11. The van der Waals surface area contributed by atoms with Crippen LogP contribution in [0.1, 0.15) is 5.56 Å². The molecule has 0 radical (unpaired) electrons. The van der Waals surface area contributed by atoms with Crippen LogP contribution in [0, 0.1) is 0 Å². The molecular weight excluding hydrogens is 234 g/mol. The van der Waals surface area contributed by atoms with Crippen LogP contribution in [0.2, 0.25) is 0 Å². The fraction of sp³-hybridized carbons (Fsp3) is 0. The average molecular weight is 247 g/mol. The number of rotatable bonds is 3. The van der Waals surface area contributed by atoms with E-state index < -0.39 is 0 Å². The van der Waals surface area contributed by atoms with Crippen molar-refractivity contribution in [2.45, 2.75) is 0 Å². The second-order valence-corrected chi connectivity index (χ2v) is 4.15. The lowest BCUT2D eigenvalue weighted by molar-refractivity contribution is 1.35. The molecule has 0 saturated heterocycles. The predicted octanol–water partition coefficient (Wildman–Crippen LogP) is 3.68. The number of nitrogens with zero attached hydrogens (tertiary/aromatic N) is 2. The summed E-state index contributed by atoms with van der Waals surface area (Å²) in [5.41, 5.74) is 6.00. The summed E-state index contributed by atoms with van der Waals surface area (Å²) in [5, 5.41) is 5.36. The Morgan fingerprint density at radius 3 is 2.58 bits per heavy atom. The van der Waals surface area contributed by atoms with E-state index in [1.54, 1.807) is 6.20 Å². The van der Waals surface area contributed by atoms with Gasteiger partial charge >= 0.3 is 0 Å². The highest BCUT2D eigenvalue weighted by molar-refractivity contribution is 5.98. The minimum absolute atomic E-state index is 0.970. The summed E-state index contributed by atoms with van der Waals surface area (Å²) in [6.45, 7) is 0. The van der Waals surface area contributed by atoms with E-state index in [1.165, 1.54) is 0 Å². The van der Waals surface area contributed by atoms with Crippen molar-refractivity contribution in [3.05, 3.63) is 72.4 Å². The number of hydrogen-bond acceptors (Lipinski definition) is 3. The minimum atomic E-state index is 0.970. The zero-order valence-corrected chi connectivity index (χ0v) is 10.3. The van der Waals surface area contributed by atoms with Crippen molar-refractivity contribution >= 4 is 22.8 Å². The van der Waals surface area contributed by atoms with Gasteiger partial charge in [0.1, 0.15) is 0 Å². The summed E-state index contributed by atoms with van der Waals surface area (Å²) in [6.07, 6.45) is 3.61. The minimum Gasteiger partial charge on any atom is -0.279 e. The number of hydrogen-bond donors (Lipinski definition) is 1. The maximum absolute atomic E-state index is 4.33. The molecule has 3 heteroatoms. The van der Waals surface area contributed by atoms with E-state index in [0.29, 0.717) is 0 Å². The molecule has 19 heavy (non-hydrogen) atoms. The van der Waals surface area contributed by atoms with Crippen LogP contribution in [0.5, 0.6) is 0 Å². The van der Waals surface area contributed by atoms with Gasteiger partial charge in [-0.25, -0.2) is 0 Å². The summed E-state index contributed by atoms with van der Waals surface area (Å²) in [7, 11) is 0. The molecule has 1 heterocycles. The molecule has 1 aromatic heterocycles. The molecule has 2 aromatic carbocycles. The zero-order chi connectivity index (χ0) is 12.9. The van der Waals surface area contributed by atoms with Crippen molar-refractivity contribution in [1.29, 1.82) is 0 Å². The second kappa shape index (κ2) is 5.31. The van der Waals surface area contributed by atoms with E-state index in [4.69, 9.17) is 0 Å². The van der Waals surface area contributed by atoms with Crippen LogP contribution in [0.4, 0.5) is 5.69 Å². The highest BCUT2D eigenvalue weighted by Crippen LogP contribution is 2.14. The number of para-hydroxylation sites is 2. The van der Waals surface area contributed by atoms with Gasteiger partial charge in [0.05, 0.1) is 17.4 Å². The molecule has 0 spiro atoms. The molecule has 0 aliphatic heterocycles. The molecule has 0 fully saturated rings. The first-order valence-electron chi connectivity index (χ1n) is 6.11. The molecule has 0 saturated carbocycles. The molecule has 3 rings (SSSR count). The summed E-state index contributed by atoms with van der Waals surface area (Å²) < 4.78 is 0. The number of nitrogens with one attached hydrogen (secondary N) is 1. The normalized spacial score (nSPS) is 10.9. The number of hydrazone groups is 1. The predicted molar refractivity (Wildman–Crippen MR) is 79.4 cm³/mol. The maximum Gasteiger partial charge on any atom is 0.0708 e. The molecule has 0 aliphatic carbocycles. The van der Waals surface area contributed by atoms with Gasteiger partial charge in [0.2, 0.25) is 0 Å². The van der Waals surface area contributed by atoms with Gasteiger partial charge in [-0.2, -0.15) is 5.10 Å². The van der Waals surface area contributed by atoms with Crippen molar-refractivity contribution in [3.8, 4) is 0 Å². The number of aromatic nitrogens is 1. The topological polar surface area (TPSA) is 37.3 Å². The van der Waals surface area contributed by atoms with Gasteiger partial charge in [-0.3, -0.25) is 10.4 Å². The average Bonchev–Trinajstić information content (AvgIpc) is 2.49. The van der Waals surface area contributed by atoms with Crippen LogP contribution in [-0.2, 0) is 0 Å². The molecule has 0 aliphatic rings. The van der Waals surface area contributed by atoms with E-state index in [1.807, 2.05) is 66.9 Å². The monoisotopic (exact) mass is 247 g/mol. The lowest BCUT2D eigenvalue weighted by Crippen LogP contribution is -1.91. The zero-order valence-electron chi connectivity index (χ0n) is 10.3. The van der Waals surface area contributed by atoms with E-state index in [-0.39, 0.29) is 0 Å². The summed E-state index contributed by atoms with van der Waals surface area (Å²) in [5.74, 6) is 0. The molecule has 3 nitrogen and oxygen atoms in total. The van der Waals surface area contributed by atoms with Crippen LogP contribution in [-0.4, -0.2) is 11.2 Å². The Balaban J connectivity index is 1.85. The smallest absolute Gasteiger partial charge is 0.0708 e. The van der Waals surface area contributed by atoms with Gasteiger partial charge < -0.3 is 0 Å². The van der Waals surface area contributed by atoms with Crippen molar-refractivity contribution in [2.75, 3.05) is 5.43 Å². The summed E-state index contributed by atoms with van der Waals surface area (Å²) in [6, 6.07) is 19.9. The van der Waals surface area contributed by atoms with Gasteiger partial charge in [0.25, 0.3) is 0 Å². The SMILES string of the molecule is C(=NNc1ccccc1)c1ccnc2ccccc12. The fourth-order valence-corrected chi connectivity index (χ4v) is 1.92. The van der Waals surface area contributed by atoms with Gasteiger partial charge in [0, 0.05) is 17.1 Å². The van der Waals surface area contributed by atoms with Crippen molar-refractivity contribution in [2.24, 2.45) is 5.10 Å². The third-order valence-corrected chi connectivity index (χ3v) is 2.85. The molecule has 0 unspecified atom stereocenters. The number of pyridine rings is 1. The van der Waals surface area contributed by atoms with E-state index in [9.17, 15) is 0 Å². The summed E-state index contributed by atoms with van der Waals surface area (Å²) in [4.78, 5) is 4.33. The van der Waals surface area contributed by atoms with E-state index in [0.717, 1.165) is 22.2 Å². The van der Waals surface area contributed by atoms with Crippen molar-refractivity contribution in [1.82, 2.24) is 4.98 Å². The summed E-state index contributed by atoms with van der Waals surface area (Å²) >= 11 is 0. The quantitative estimate of drug-likeness (QED) is 0.566. The van der Waals surface area contributed by atoms with Crippen molar-refractivity contribution < 1.29 is 0 Å². The lowest BCUT2D eigenvalue weighted by Gasteiger charge is -2.01. The standard InChI is InChI=1S/C16H13N3/c1-2-6-14(7-3-1)19-18-12-13-10-11-17-16-9-5-4-8-15(13)16/h1-12,19H. The lowest BCUT2D eigenvalue weighted by atomic mass is 10.1. The van der Waals surface area contributed by atoms with Gasteiger partial charge in [-0.1, -0.05) is 36.4 Å². The number of anilines is 1. The second-order valence-electron chi connectivity index (χ2n) is 4.15. The molecule has 3 aromatic rings. The molecular formula is C16H13N3. The Bertz CT molecular complexity index is 700. The maximum atomic E-state index is 4.33. The molecule has 0 atom stereocenters. The number of benzene rings is 2. The Morgan fingerprint density at radius 2 is 1.68 bits per heavy atom. The van der Waals surface area contributed by atoms with Gasteiger partial charge in [-0.05, 0) is 24.3 Å². The molecule has 0 amide bonds. The Kier molecular flexibility index (Phi) is 3.19. The van der Waals surface area contributed by atoms with Crippen LogP contribution >= 0.6 is 0 Å². The third kappa shape index (κ3) is 2.60. The molecule has 0 bridgehead atoms. The largest absolute Gasteiger partial charge is 0.279 e. The first kappa shape index (κ1) is 11.4. The Hall–Kier alpha value is -2.68. The fourth-order valence-electron chi connectivity index (χ4n) is 1.92. The van der Waals surface area contributed by atoms with Crippen molar-refractivity contribution in [3.63, 3.8) is 0 Å². The molecule has 92 valence electrons. The van der Waals surface area contributed by atoms with Crippen LogP contribution in [0.25, 0.3) is 10.9 Å². The van der Waals surface area contributed by atoms with E-state index >= 15 is 0 Å². The van der Waals surface area contributed by atoms with E-state index in [2.05, 4.69) is 15.5 Å². The highest BCUT2D eigenvalue weighted by Gasteiger charge is 1.97. The van der Waals surface area contributed by atoms with Gasteiger partial charge in [-0.15, -0.1) is 0 Å². The Labute approximate surface area is 111 Å².